The van der Waals surface area contributed by atoms with E-state index in [9.17, 15) is 4.79 Å². The lowest BCUT2D eigenvalue weighted by atomic mass is 9.65. The van der Waals surface area contributed by atoms with Crippen LogP contribution in [0.25, 0.3) is 0 Å². The van der Waals surface area contributed by atoms with Crippen molar-refractivity contribution in [1.82, 2.24) is 5.32 Å². The van der Waals surface area contributed by atoms with Gasteiger partial charge in [0.05, 0.1) is 14.2 Å². The summed E-state index contributed by atoms with van der Waals surface area (Å²) in [6, 6.07) is 5.92. The molecule has 2 aliphatic rings. The SMILES string of the molecule is COc1ccc(OC)c(CNC(=O)C2CC3CCCC(C2)C3N)c1.Cl. The number of carbonyl (C=O) groups is 1. The van der Waals surface area contributed by atoms with Gasteiger partial charge in [0.25, 0.3) is 0 Å². The summed E-state index contributed by atoms with van der Waals surface area (Å²) < 4.78 is 10.6. The summed E-state index contributed by atoms with van der Waals surface area (Å²) >= 11 is 0. The highest BCUT2D eigenvalue weighted by Gasteiger charge is 2.40. The zero-order valence-corrected chi connectivity index (χ0v) is 15.8. The van der Waals surface area contributed by atoms with Crippen LogP contribution in [0.15, 0.2) is 18.2 Å². The molecule has 0 aliphatic heterocycles. The van der Waals surface area contributed by atoms with Gasteiger partial charge in [0.1, 0.15) is 11.5 Å². The molecule has 140 valence electrons. The van der Waals surface area contributed by atoms with E-state index in [-0.39, 0.29) is 24.2 Å². The lowest BCUT2D eigenvalue weighted by Gasteiger charge is -2.43. The molecule has 6 heteroatoms. The van der Waals surface area contributed by atoms with Crippen LogP contribution in [0.5, 0.6) is 11.5 Å². The standard InChI is InChI=1S/C19H28N2O3.ClH/c1-23-16-6-7-17(24-2)15(10-16)11-21-19(22)14-8-12-4-3-5-13(9-14)18(12)20;/h6-7,10,12-14,18H,3-5,8-9,11,20H2,1-2H3,(H,21,22);1H. The second kappa shape index (κ2) is 8.77. The number of benzene rings is 1. The predicted molar refractivity (Wildman–Crippen MR) is 100 cm³/mol. The number of ether oxygens (including phenoxy) is 2. The second-order valence-electron chi connectivity index (χ2n) is 7.09. The number of fused-ring (bicyclic) bond motifs is 2. The van der Waals surface area contributed by atoms with Gasteiger partial charge in [-0.1, -0.05) is 6.42 Å². The molecule has 1 aromatic carbocycles. The predicted octanol–water partition coefficient (Wildman–Crippen LogP) is 2.90. The molecular weight excluding hydrogens is 340 g/mol. The first-order chi connectivity index (χ1) is 11.6. The lowest BCUT2D eigenvalue weighted by Crippen LogP contribution is -2.49. The maximum atomic E-state index is 12.6. The van der Waals surface area contributed by atoms with Crippen molar-refractivity contribution in [3.63, 3.8) is 0 Å². The van der Waals surface area contributed by atoms with Gasteiger partial charge in [0, 0.05) is 24.1 Å². The number of carbonyl (C=O) groups excluding carboxylic acids is 1. The fourth-order valence-electron chi connectivity index (χ4n) is 4.35. The molecule has 2 bridgehead atoms. The van der Waals surface area contributed by atoms with Crippen molar-refractivity contribution in [3.8, 4) is 11.5 Å². The van der Waals surface area contributed by atoms with Crippen LogP contribution in [0.4, 0.5) is 0 Å². The van der Waals surface area contributed by atoms with E-state index in [1.807, 2.05) is 18.2 Å². The molecule has 3 rings (SSSR count). The molecule has 5 nitrogen and oxygen atoms in total. The highest BCUT2D eigenvalue weighted by Crippen LogP contribution is 2.41. The van der Waals surface area contributed by atoms with Crippen LogP contribution in [0, 0.1) is 17.8 Å². The Labute approximate surface area is 156 Å². The van der Waals surface area contributed by atoms with E-state index in [0.717, 1.165) is 29.9 Å². The minimum atomic E-state index is 0. The first-order valence-corrected chi connectivity index (χ1v) is 8.86. The van der Waals surface area contributed by atoms with Gasteiger partial charge in [-0.2, -0.15) is 0 Å². The van der Waals surface area contributed by atoms with Gasteiger partial charge in [-0.25, -0.2) is 0 Å². The van der Waals surface area contributed by atoms with Crippen LogP contribution < -0.4 is 20.5 Å². The fourth-order valence-corrected chi connectivity index (χ4v) is 4.35. The molecule has 1 amide bonds. The molecule has 25 heavy (non-hydrogen) atoms. The molecular formula is C19H29ClN2O3. The summed E-state index contributed by atoms with van der Waals surface area (Å²) in [5.41, 5.74) is 7.25. The smallest absolute Gasteiger partial charge is 0.223 e. The van der Waals surface area contributed by atoms with Crippen molar-refractivity contribution >= 4 is 18.3 Å². The van der Waals surface area contributed by atoms with Crippen LogP contribution in [-0.2, 0) is 11.3 Å². The molecule has 0 spiro atoms. The largest absolute Gasteiger partial charge is 0.497 e. The molecule has 0 heterocycles. The molecule has 2 unspecified atom stereocenters. The Balaban J connectivity index is 0.00000225. The Morgan fingerprint density at radius 2 is 1.88 bits per heavy atom. The van der Waals surface area contributed by atoms with E-state index < -0.39 is 0 Å². The summed E-state index contributed by atoms with van der Waals surface area (Å²) in [4.78, 5) is 12.6. The summed E-state index contributed by atoms with van der Waals surface area (Å²) in [5, 5.41) is 3.08. The average molecular weight is 369 g/mol. The molecule has 0 saturated heterocycles. The number of hydrogen-bond acceptors (Lipinski definition) is 4. The minimum Gasteiger partial charge on any atom is -0.497 e. The Hall–Kier alpha value is -1.46. The van der Waals surface area contributed by atoms with Gasteiger partial charge in [-0.05, 0) is 55.7 Å². The van der Waals surface area contributed by atoms with Gasteiger partial charge in [-0.3, -0.25) is 4.79 Å². The second-order valence-corrected chi connectivity index (χ2v) is 7.09. The van der Waals surface area contributed by atoms with E-state index in [1.165, 1.54) is 19.3 Å². The number of nitrogens with two attached hydrogens (primary N) is 1. The van der Waals surface area contributed by atoms with E-state index in [0.29, 0.717) is 24.4 Å². The number of nitrogens with one attached hydrogen (secondary N) is 1. The summed E-state index contributed by atoms with van der Waals surface area (Å²) in [5.74, 6) is 2.79. The topological polar surface area (TPSA) is 73.6 Å². The van der Waals surface area contributed by atoms with Gasteiger partial charge in [0.15, 0.2) is 0 Å². The zero-order chi connectivity index (χ0) is 17.1. The first-order valence-electron chi connectivity index (χ1n) is 8.86. The summed E-state index contributed by atoms with van der Waals surface area (Å²) in [6.07, 6.45) is 5.46. The molecule has 1 aromatic rings. The number of halogens is 1. The average Bonchev–Trinajstić information content (AvgIpc) is 2.59. The van der Waals surface area contributed by atoms with Crippen LogP contribution in [0.1, 0.15) is 37.7 Å². The molecule has 2 aliphatic carbocycles. The van der Waals surface area contributed by atoms with Crippen LogP contribution in [0.2, 0.25) is 0 Å². The maximum absolute atomic E-state index is 12.6. The van der Waals surface area contributed by atoms with Crippen LogP contribution in [0.3, 0.4) is 0 Å². The van der Waals surface area contributed by atoms with E-state index in [4.69, 9.17) is 15.2 Å². The quantitative estimate of drug-likeness (QED) is 0.838. The molecule has 0 radical (unpaired) electrons. The number of amides is 1. The van der Waals surface area contributed by atoms with E-state index >= 15 is 0 Å². The number of rotatable bonds is 5. The summed E-state index contributed by atoms with van der Waals surface area (Å²) in [6.45, 7) is 0.455. The first kappa shape index (κ1) is 19.9. The van der Waals surface area contributed by atoms with Gasteiger partial charge < -0.3 is 20.5 Å². The van der Waals surface area contributed by atoms with Crippen molar-refractivity contribution in [2.45, 2.75) is 44.7 Å². The Bertz CT molecular complexity index is 582. The van der Waals surface area contributed by atoms with E-state index in [1.54, 1.807) is 14.2 Å². The van der Waals surface area contributed by atoms with Crippen molar-refractivity contribution in [1.29, 1.82) is 0 Å². The normalized spacial score (nSPS) is 27.8. The third-order valence-corrected chi connectivity index (χ3v) is 5.72. The molecule has 2 saturated carbocycles. The van der Waals surface area contributed by atoms with Crippen molar-refractivity contribution < 1.29 is 14.3 Å². The van der Waals surface area contributed by atoms with Crippen molar-refractivity contribution in [2.24, 2.45) is 23.5 Å². The van der Waals surface area contributed by atoms with Gasteiger partial charge >= 0.3 is 0 Å². The van der Waals surface area contributed by atoms with Gasteiger partial charge in [-0.15, -0.1) is 12.4 Å². The fraction of sp³-hybridized carbons (Fsp3) is 0.632. The van der Waals surface area contributed by atoms with Crippen LogP contribution >= 0.6 is 12.4 Å². The summed E-state index contributed by atoms with van der Waals surface area (Å²) in [7, 11) is 3.27. The molecule has 3 N–H and O–H groups in total. The maximum Gasteiger partial charge on any atom is 0.223 e. The number of methoxy groups -OCH3 is 2. The highest BCUT2D eigenvalue weighted by molar-refractivity contribution is 5.85. The van der Waals surface area contributed by atoms with E-state index in [2.05, 4.69) is 5.32 Å². The Morgan fingerprint density at radius 1 is 1.20 bits per heavy atom. The van der Waals surface area contributed by atoms with Gasteiger partial charge in [0.2, 0.25) is 5.91 Å². The third kappa shape index (κ3) is 4.39. The molecule has 0 aromatic heterocycles. The Kier molecular flexibility index (Phi) is 6.96. The van der Waals surface area contributed by atoms with Crippen LogP contribution in [-0.4, -0.2) is 26.2 Å². The third-order valence-electron chi connectivity index (χ3n) is 5.72. The minimum absolute atomic E-state index is 0. The molecule has 2 fully saturated rings. The highest BCUT2D eigenvalue weighted by atomic mass is 35.5. The monoisotopic (exact) mass is 368 g/mol. The Morgan fingerprint density at radius 3 is 2.48 bits per heavy atom. The van der Waals surface area contributed by atoms with Crippen molar-refractivity contribution in [3.05, 3.63) is 23.8 Å². The lowest BCUT2D eigenvalue weighted by molar-refractivity contribution is -0.128. The van der Waals surface area contributed by atoms with Crippen molar-refractivity contribution in [2.75, 3.05) is 14.2 Å². The molecule has 2 atom stereocenters. The zero-order valence-electron chi connectivity index (χ0n) is 15.0. The number of hydrogen-bond donors (Lipinski definition) is 2.